The molecule has 1 aliphatic rings. The number of anilines is 1. The number of hydrogen-bond acceptors (Lipinski definition) is 5. The van der Waals surface area contributed by atoms with Gasteiger partial charge in [-0.05, 0) is 42.7 Å². The van der Waals surface area contributed by atoms with Crippen LogP contribution in [-0.2, 0) is 6.42 Å². The van der Waals surface area contributed by atoms with Gasteiger partial charge in [0.25, 0.3) is 0 Å². The third-order valence-corrected chi connectivity index (χ3v) is 5.33. The monoisotopic (exact) mass is 576 g/mol. The number of para-hydroxylation sites is 2. The minimum Gasteiger partial charge on any atom is -0.495 e. The van der Waals surface area contributed by atoms with E-state index in [0.29, 0.717) is 18.9 Å². The molecule has 0 saturated carbocycles. The Balaban J connectivity index is 0.00000385. The zero-order chi connectivity index (χ0) is 22.9. The molecule has 2 aromatic rings. The molecule has 1 fully saturated rings. The summed E-state index contributed by atoms with van der Waals surface area (Å²) in [6.07, 6.45) is 1.59. The maximum atomic E-state index is 12.6. The van der Waals surface area contributed by atoms with Crippen LogP contribution < -0.4 is 29.7 Å². The molecule has 1 aliphatic heterocycles. The summed E-state index contributed by atoms with van der Waals surface area (Å²) in [5.41, 5.74) is 1.94. The average molecular weight is 576 g/mol. The molecular formula is C23H31F2IN4O3. The number of aliphatic imine (C=N–C) groups is 1. The van der Waals surface area contributed by atoms with E-state index in [1.54, 1.807) is 26.3 Å². The number of nitrogens with one attached hydrogen (secondary N) is 2. The van der Waals surface area contributed by atoms with E-state index in [1.807, 2.05) is 24.3 Å². The van der Waals surface area contributed by atoms with E-state index >= 15 is 0 Å². The molecule has 3 rings (SSSR count). The molecule has 1 saturated heterocycles. The van der Waals surface area contributed by atoms with Crippen LogP contribution in [0.2, 0.25) is 0 Å². The molecule has 7 nitrogen and oxygen atoms in total. The minimum absolute atomic E-state index is 0. The Labute approximate surface area is 210 Å². The Kier molecular flexibility index (Phi) is 10.8. The summed E-state index contributed by atoms with van der Waals surface area (Å²) >= 11 is 0. The number of nitrogens with zero attached hydrogens (tertiary/aromatic N) is 2. The summed E-state index contributed by atoms with van der Waals surface area (Å²) in [5, 5.41) is 6.74. The van der Waals surface area contributed by atoms with Crippen molar-refractivity contribution in [2.75, 3.05) is 45.8 Å². The molecule has 10 heteroatoms. The molecule has 0 radical (unpaired) electrons. The molecule has 1 heterocycles. The third kappa shape index (κ3) is 7.51. The van der Waals surface area contributed by atoms with Crippen molar-refractivity contribution in [3.8, 4) is 17.2 Å². The second kappa shape index (κ2) is 13.3. The topological polar surface area (TPSA) is 67.4 Å². The van der Waals surface area contributed by atoms with E-state index in [1.165, 1.54) is 7.11 Å². The van der Waals surface area contributed by atoms with Gasteiger partial charge >= 0.3 is 6.61 Å². The molecule has 0 aliphatic carbocycles. The van der Waals surface area contributed by atoms with Gasteiger partial charge in [-0.15, -0.1) is 24.0 Å². The standard InChI is InChI=1S/C23H30F2N4O3.HI/c1-26-23(27-12-10-16-8-9-20(31-3)21(14-16)32-22(24)25)28-17-11-13-29(15-17)18-6-4-5-7-19(18)30-2;/h4-9,14,17,22H,10-13,15H2,1-3H3,(H2,26,27,28);1H. The molecule has 0 spiro atoms. The number of methoxy groups -OCH3 is 2. The van der Waals surface area contributed by atoms with Crippen molar-refractivity contribution in [2.24, 2.45) is 4.99 Å². The lowest BCUT2D eigenvalue weighted by molar-refractivity contribution is -0.0512. The van der Waals surface area contributed by atoms with E-state index in [2.05, 4.69) is 31.3 Å². The highest BCUT2D eigenvalue weighted by atomic mass is 127. The van der Waals surface area contributed by atoms with Crippen molar-refractivity contribution < 1.29 is 23.0 Å². The van der Waals surface area contributed by atoms with E-state index in [-0.39, 0.29) is 41.5 Å². The number of ether oxygens (including phenoxy) is 3. The summed E-state index contributed by atoms with van der Waals surface area (Å²) in [4.78, 5) is 6.60. The van der Waals surface area contributed by atoms with Gasteiger partial charge in [-0.2, -0.15) is 8.78 Å². The summed E-state index contributed by atoms with van der Waals surface area (Å²) in [7, 11) is 4.83. The van der Waals surface area contributed by atoms with Crippen molar-refractivity contribution >= 4 is 35.6 Å². The van der Waals surface area contributed by atoms with Crippen LogP contribution in [0.3, 0.4) is 0 Å². The molecule has 2 N–H and O–H groups in total. The third-order valence-electron chi connectivity index (χ3n) is 5.33. The van der Waals surface area contributed by atoms with E-state index < -0.39 is 6.61 Å². The van der Waals surface area contributed by atoms with Gasteiger partial charge in [-0.1, -0.05) is 18.2 Å². The zero-order valence-electron chi connectivity index (χ0n) is 19.0. The molecule has 0 aromatic heterocycles. The molecule has 2 aromatic carbocycles. The number of rotatable bonds is 9. The number of guanidine groups is 1. The maximum Gasteiger partial charge on any atom is 0.387 e. The molecule has 0 amide bonds. The largest absolute Gasteiger partial charge is 0.495 e. The quantitative estimate of drug-likeness (QED) is 0.268. The second-order valence-electron chi connectivity index (χ2n) is 7.36. The van der Waals surface area contributed by atoms with Crippen molar-refractivity contribution in [3.63, 3.8) is 0 Å². The van der Waals surface area contributed by atoms with Gasteiger partial charge in [0, 0.05) is 32.7 Å². The number of benzene rings is 2. The van der Waals surface area contributed by atoms with Gasteiger partial charge in [0.15, 0.2) is 17.5 Å². The Hall–Kier alpha value is -2.50. The van der Waals surface area contributed by atoms with E-state index in [0.717, 1.165) is 36.5 Å². The van der Waals surface area contributed by atoms with Crippen LogP contribution in [0, 0.1) is 0 Å². The summed E-state index contributed by atoms with van der Waals surface area (Å²) in [6.45, 7) is -0.549. The van der Waals surface area contributed by atoms with Crippen LogP contribution in [-0.4, -0.2) is 59.5 Å². The van der Waals surface area contributed by atoms with Crippen LogP contribution in [0.1, 0.15) is 12.0 Å². The summed E-state index contributed by atoms with van der Waals surface area (Å²) in [5.74, 6) is 1.88. The fourth-order valence-electron chi connectivity index (χ4n) is 3.77. The number of hydrogen-bond donors (Lipinski definition) is 2. The van der Waals surface area contributed by atoms with Gasteiger partial charge < -0.3 is 29.7 Å². The Bertz CT molecular complexity index is 917. The molecule has 182 valence electrons. The number of halogens is 3. The van der Waals surface area contributed by atoms with Crippen molar-refractivity contribution in [1.82, 2.24) is 10.6 Å². The fourth-order valence-corrected chi connectivity index (χ4v) is 3.77. The molecule has 1 atom stereocenters. The normalized spacial score (nSPS) is 15.8. The second-order valence-corrected chi connectivity index (χ2v) is 7.36. The first kappa shape index (κ1) is 26.7. The lowest BCUT2D eigenvalue weighted by Gasteiger charge is -2.22. The Morgan fingerprint density at radius 1 is 1.12 bits per heavy atom. The highest BCUT2D eigenvalue weighted by Crippen LogP contribution is 2.31. The van der Waals surface area contributed by atoms with Crippen LogP contribution in [0.15, 0.2) is 47.5 Å². The highest BCUT2D eigenvalue weighted by molar-refractivity contribution is 14.0. The predicted molar refractivity (Wildman–Crippen MR) is 137 cm³/mol. The van der Waals surface area contributed by atoms with Crippen LogP contribution in [0.4, 0.5) is 14.5 Å². The SMILES string of the molecule is CN=C(NCCc1ccc(OC)c(OC(F)F)c1)NC1CCN(c2ccccc2OC)C1.I. The Morgan fingerprint density at radius 2 is 1.88 bits per heavy atom. The molecule has 1 unspecified atom stereocenters. The summed E-state index contributed by atoms with van der Waals surface area (Å²) < 4.78 is 40.3. The van der Waals surface area contributed by atoms with Gasteiger partial charge in [0.05, 0.1) is 19.9 Å². The average Bonchev–Trinajstić information content (AvgIpc) is 3.26. The molecule has 0 bridgehead atoms. The first-order valence-corrected chi connectivity index (χ1v) is 10.5. The van der Waals surface area contributed by atoms with Crippen LogP contribution >= 0.6 is 24.0 Å². The Morgan fingerprint density at radius 3 is 2.58 bits per heavy atom. The van der Waals surface area contributed by atoms with Crippen molar-refractivity contribution in [2.45, 2.75) is 25.5 Å². The molecule has 33 heavy (non-hydrogen) atoms. The maximum absolute atomic E-state index is 12.6. The van der Waals surface area contributed by atoms with Crippen molar-refractivity contribution in [3.05, 3.63) is 48.0 Å². The number of alkyl halides is 2. The van der Waals surface area contributed by atoms with Gasteiger partial charge in [-0.3, -0.25) is 4.99 Å². The zero-order valence-corrected chi connectivity index (χ0v) is 21.3. The first-order valence-electron chi connectivity index (χ1n) is 10.5. The van der Waals surface area contributed by atoms with Gasteiger partial charge in [0.1, 0.15) is 5.75 Å². The molecular weight excluding hydrogens is 545 g/mol. The van der Waals surface area contributed by atoms with E-state index in [4.69, 9.17) is 9.47 Å². The van der Waals surface area contributed by atoms with Crippen molar-refractivity contribution in [1.29, 1.82) is 0 Å². The lowest BCUT2D eigenvalue weighted by Crippen LogP contribution is -2.45. The van der Waals surface area contributed by atoms with E-state index in [9.17, 15) is 8.78 Å². The smallest absolute Gasteiger partial charge is 0.387 e. The highest BCUT2D eigenvalue weighted by Gasteiger charge is 2.25. The lowest BCUT2D eigenvalue weighted by atomic mass is 10.1. The van der Waals surface area contributed by atoms with Gasteiger partial charge in [-0.25, -0.2) is 0 Å². The first-order chi connectivity index (χ1) is 15.5. The van der Waals surface area contributed by atoms with Crippen LogP contribution in [0.25, 0.3) is 0 Å². The predicted octanol–water partition coefficient (Wildman–Crippen LogP) is 3.91. The van der Waals surface area contributed by atoms with Crippen LogP contribution in [0.5, 0.6) is 17.2 Å². The van der Waals surface area contributed by atoms with Gasteiger partial charge in [0.2, 0.25) is 0 Å². The minimum atomic E-state index is -2.90. The summed E-state index contributed by atoms with van der Waals surface area (Å²) in [6, 6.07) is 13.3. The fraction of sp³-hybridized carbons (Fsp3) is 0.435.